The van der Waals surface area contributed by atoms with Crippen LogP contribution in [0.4, 0.5) is 0 Å². The highest BCUT2D eigenvalue weighted by molar-refractivity contribution is 5.90. The van der Waals surface area contributed by atoms with Gasteiger partial charge in [-0.15, -0.1) is 0 Å². The van der Waals surface area contributed by atoms with Crippen molar-refractivity contribution in [2.75, 3.05) is 7.11 Å². The van der Waals surface area contributed by atoms with Crippen molar-refractivity contribution in [3.8, 4) is 17.4 Å². The van der Waals surface area contributed by atoms with E-state index in [4.69, 9.17) is 14.7 Å². The van der Waals surface area contributed by atoms with Crippen LogP contribution in [0.25, 0.3) is 11.0 Å². The molecule has 0 bridgehead atoms. The van der Waals surface area contributed by atoms with Crippen LogP contribution in [0, 0.1) is 0 Å². The van der Waals surface area contributed by atoms with Gasteiger partial charge in [0.1, 0.15) is 11.5 Å². The Bertz CT molecular complexity index is 968. The second-order valence-corrected chi connectivity index (χ2v) is 6.18. The van der Waals surface area contributed by atoms with Gasteiger partial charge in [0.2, 0.25) is 5.88 Å². The predicted octanol–water partition coefficient (Wildman–Crippen LogP) is 2.97. The van der Waals surface area contributed by atoms with E-state index in [1.807, 2.05) is 30.3 Å². The average molecular weight is 351 g/mol. The maximum atomic E-state index is 11.9. The first-order valence-corrected chi connectivity index (χ1v) is 8.19. The molecule has 4 rings (SSSR count). The van der Waals surface area contributed by atoms with Gasteiger partial charge in [0.05, 0.1) is 17.9 Å². The van der Waals surface area contributed by atoms with Gasteiger partial charge >= 0.3 is 0 Å². The van der Waals surface area contributed by atoms with Gasteiger partial charge in [-0.3, -0.25) is 10.0 Å². The lowest BCUT2D eigenvalue weighted by Gasteiger charge is -2.14. The SMILES string of the molecule is COc1ccc2c(Oc3ccc(C4(C(=O)NO)CC4)cc3)ccnc2n1. The number of hydrogen-bond acceptors (Lipinski definition) is 6. The minimum absolute atomic E-state index is 0.369. The van der Waals surface area contributed by atoms with Crippen LogP contribution in [0.3, 0.4) is 0 Å². The topological polar surface area (TPSA) is 93.6 Å². The van der Waals surface area contributed by atoms with Crippen LogP contribution < -0.4 is 15.0 Å². The molecule has 0 aliphatic heterocycles. The van der Waals surface area contributed by atoms with Crippen molar-refractivity contribution in [1.29, 1.82) is 0 Å². The fourth-order valence-electron chi connectivity index (χ4n) is 3.04. The molecule has 2 aromatic heterocycles. The number of carbonyl (C=O) groups excluding carboxylic acids is 1. The Kier molecular flexibility index (Phi) is 3.93. The predicted molar refractivity (Wildman–Crippen MR) is 93.4 cm³/mol. The van der Waals surface area contributed by atoms with E-state index >= 15 is 0 Å². The first kappa shape index (κ1) is 16.3. The molecule has 1 aliphatic rings. The summed E-state index contributed by atoms with van der Waals surface area (Å²) in [4.78, 5) is 20.4. The van der Waals surface area contributed by atoms with Gasteiger partial charge in [0.15, 0.2) is 5.65 Å². The van der Waals surface area contributed by atoms with Gasteiger partial charge in [0, 0.05) is 12.3 Å². The molecule has 1 aromatic carbocycles. The molecule has 2 heterocycles. The van der Waals surface area contributed by atoms with E-state index in [2.05, 4.69) is 9.97 Å². The molecule has 1 saturated carbocycles. The Balaban J connectivity index is 1.60. The molecule has 132 valence electrons. The summed E-state index contributed by atoms with van der Waals surface area (Å²) < 4.78 is 11.1. The van der Waals surface area contributed by atoms with Crippen molar-refractivity contribution >= 4 is 16.9 Å². The molecule has 1 fully saturated rings. The average Bonchev–Trinajstić information content (AvgIpc) is 3.49. The Morgan fingerprint density at radius 2 is 1.92 bits per heavy atom. The molecule has 0 unspecified atom stereocenters. The number of amides is 1. The van der Waals surface area contributed by atoms with Crippen LogP contribution in [0.1, 0.15) is 18.4 Å². The summed E-state index contributed by atoms with van der Waals surface area (Å²) in [5, 5.41) is 9.69. The fourth-order valence-corrected chi connectivity index (χ4v) is 3.04. The second kappa shape index (κ2) is 6.27. The zero-order chi connectivity index (χ0) is 18.1. The third kappa shape index (κ3) is 2.72. The van der Waals surface area contributed by atoms with Crippen molar-refractivity contribution in [3.05, 3.63) is 54.2 Å². The first-order chi connectivity index (χ1) is 12.7. The summed E-state index contributed by atoms with van der Waals surface area (Å²) >= 11 is 0. The number of nitrogens with zero attached hydrogens (tertiary/aromatic N) is 2. The van der Waals surface area contributed by atoms with Crippen LogP contribution in [-0.2, 0) is 10.2 Å². The summed E-state index contributed by atoms with van der Waals surface area (Å²) in [6.45, 7) is 0. The second-order valence-electron chi connectivity index (χ2n) is 6.18. The van der Waals surface area contributed by atoms with Gasteiger partial charge in [-0.1, -0.05) is 12.1 Å². The number of benzene rings is 1. The number of carbonyl (C=O) groups is 1. The molecule has 7 heteroatoms. The highest BCUT2D eigenvalue weighted by Gasteiger charge is 2.51. The smallest absolute Gasteiger partial charge is 0.253 e. The van der Waals surface area contributed by atoms with Gasteiger partial charge in [0.25, 0.3) is 5.91 Å². The molecule has 1 aliphatic carbocycles. The Hall–Kier alpha value is -3.19. The van der Waals surface area contributed by atoms with E-state index in [9.17, 15) is 4.79 Å². The van der Waals surface area contributed by atoms with Crippen LogP contribution >= 0.6 is 0 Å². The monoisotopic (exact) mass is 351 g/mol. The molecular formula is C19H17N3O4. The third-order valence-electron chi connectivity index (χ3n) is 4.67. The zero-order valence-electron chi connectivity index (χ0n) is 14.1. The number of aromatic nitrogens is 2. The highest BCUT2D eigenvalue weighted by Crippen LogP contribution is 2.48. The van der Waals surface area contributed by atoms with Crippen molar-refractivity contribution < 1.29 is 19.5 Å². The van der Waals surface area contributed by atoms with Crippen LogP contribution in [-0.4, -0.2) is 28.2 Å². The number of hydroxylamine groups is 1. The molecule has 0 spiro atoms. The van der Waals surface area contributed by atoms with Crippen LogP contribution in [0.2, 0.25) is 0 Å². The normalized spacial score (nSPS) is 14.7. The maximum absolute atomic E-state index is 11.9. The minimum atomic E-state index is -0.614. The molecule has 26 heavy (non-hydrogen) atoms. The maximum Gasteiger partial charge on any atom is 0.253 e. The third-order valence-corrected chi connectivity index (χ3v) is 4.67. The quantitative estimate of drug-likeness (QED) is 0.542. The molecule has 2 N–H and O–H groups in total. The van der Waals surface area contributed by atoms with Crippen molar-refractivity contribution in [2.24, 2.45) is 0 Å². The summed E-state index contributed by atoms with van der Waals surface area (Å²) in [6.07, 6.45) is 3.08. The van der Waals surface area contributed by atoms with E-state index < -0.39 is 5.41 Å². The fraction of sp³-hybridized carbons (Fsp3) is 0.211. The van der Waals surface area contributed by atoms with Crippen molar-refractivity contribution in [3.63, 3.8) is 0 Å². The van der Waals surface area contributed by atoms with Crippen molar-refractivity contribution in [2.45, 2.75) is 18.3 Å². The van der Waals surface area contributed by atoms with Gasteiger partial charge in [-0.2, -0.15) is 4.98 Å². The Morgan fingerprint density at radius 1 is 1.15 bits per heavy atom. The molecule has 3 aromatic rings. The number of rotatable bonds is 5. The molecule has 0 saturated heterocycles. The standard InChI is InChI=1S/C19H17N3O4/c1-25-16-7-6-14-15(8-11-20-17(14)21-16)26-13-4-2-12(3-5-13)19(9-10-19)18(23)22-24/h2-8,11,24H,9-10H2,1H3,(H,22,23). The van der Waals surface area contributed by atoms with Gasteiger partial charge < -0.3 is 9.47 Å². The van der Waals surface area contributed by atoms with Crippen LogP contribution in [0.5, 0.6) is 17.4 Å². The number of ether oxygens (including phenoxy) is 2. The van der Waals surface area contributed by atoms with Crippen LogP contribution in [0.15, 0.2) is 48.7 Å². The minimum Gasteiger partial charge on any atom is -0.481 e. The Morgan fingerprint density at radius 3 is 2.58 bits per heavy atom. The number of fused-ring (bicyclic) bond motifs is 1. The van der Waals surface area contributed by atoms with E-state index in [0.29, 0.717) is 23.0 Å². The number of pyridine rings is 2. The van der Waals surface area contributed by atoms with Gasteiger partial charge in [-0.25, -0.2) is 10.5 Å². The van der Waals surface area contributed by atoms with Crippen molar-refractivity contribution in [1.82, 2.24) is 15.4 Å². The van der Waals surface area contributed by atoms with E-state index in [1.54, 1.807) is 30.9 Å². The molecule has 1 amide bonds. The Labute approximate surface area is 149 Å². The lowest BCUT2D eigenvalue weighted by atomic mass is 9.95. The zero-order valence-corrected chi connectivity index (χ0v) is 14.1. The summed E-state index contributed by atoms with van der Waals surface area (Å²) in [5.74, 6) is 1.39. The molecule has 7 nitrogen and oxygen atoms in total. The summed E-state index contributed by atoms with van der Waals surface area (Å²) in [7, 11) is 1.56. The number of methoxy groups -OCH3 is 1. The largest absolute Gasteiger partial charge is 0.481 e. The summed E-state index contributed by atoms with van der Waals surface area (Å²) in [5.41, 5.74) is 2.54. The highest BCUT2D eigenvalue weighted by atomic mass is 16.5. The lowest BCUT2D eigenvalue weighted by molar-refractivity contribution is -0.131. The molecule has 0 atom stereocenters. The van der Waals surface area contributed by atoms with E-state index in [1.165, 1.54) is 0 Å². The first-order valence-electron chi connectivity index (χ1n) is 8.19. The van der Waals surface area contributed by atoms with E-state index in [-0.39, 0.29) is 5.91 Å². The molecule has 0 radical (unpaired) electrons. The number of hydrogen-bond donors (Lipinski definition) is 2. The van der Waals surface area contributed by atoms with E-state index in [0.717, 1.165) is 23.8 Å². The lowest BCUT2D eigenvalue weighted by Crippen LogP contribution is -2.32. The number of nitrogens with one attached hydrogen (secondary N) is 1. The van der Waals surface area contributed by atoms with Gasteiger partial charge in [-0.05, 0) is 42.7 Å². The summed E-state index contributed by atoms with van der Waals surface area (Å²) in [6, 6.07) is 12.7. The molecular weight excluding hydrogens is 334 g/mol.